The maximum atomic E-state index is 13.8. The summed E-state index contributed by atoms with van der Waals surface area (Å²) in [5.41, 5.74) is 3.04. The number of ether oxygens (including phenoxy) is 3. The molecule has 1 atom stereocenters. The first-order valence-electron chi connectivity index (χ1n) is 13.1. The lowest BCUT2D eigenvalue weighted by Gasteiger charge is -2.24. The average molecular weight is 584 g/mol. The van der Waals surface area contributed by atoms with Gasteiger partial charge in [-0.25, -0.2) is 14.2 Å². The van der Waals surface area contributed by atoms with Crippen LogP contribution in [0.2, 0.25) is 0 Å². The smallest absolute Gasteiger partial charge is 0.338 e. The number of hydrogen-bond donors (Lipinski definition) is 0. The summed E-state index contributed by atoms with van der Waals surface area (Å²) in [5.74, 6) is -0.00667. The largest absolute Gasteiger partial charge is 0.493 e. The molecule has 2 heterocycles. The molecule has 212 valence electrons. The number of nitrogens with zero attached hydrogens (tertiary/aromatic N) is 3. The monoisotopic (exact) mass is 583 g/mol. The van der Waals surface area contributed by atoms with E-state index < -0.39 is 17.8 Å². The Hall–Kier alpha value is -5.01. The number of esters is 1. The molecule has 0 bridgehead atoms. The molecule has 1 aromatic heterocycles. The van der Waals surface area contributed by atoms with Crippen LogP contribution in [0.25, 0.3) is 6.08 Å². The Balaban J connectivity index is 1.52. The van der Waals surface area contributed by atoms with Gasteiger partial charge in [-0.05, 0) is 73.0 Å². The average Bonchev–Trinajstić information content (AvgIpc) is 3.30. The van der Waals surface area contributed by atoms with Crippen LogP contribution in [0.3, 0.4) is 0 Å². The maximum absolute atomic E-state index is 13.8. The number of thiazole rings is 1. The van der Waals surface area contributed by atoms with Gasteiger partial charge in [-0.3, -0.25) is 9.36 Å². The first-order valence-corrected chi connectivity index (χ1v) is 13.9. The number of carbonyl (C=O) groups is 1. The number of carbonyl (C=O) groups excluding carboxylic acids is 1. The summed E-state index contributed by atoms with van der Waals surface area (Å²) in [7, 11) is 1.53. The van der Waals surface area contributed by atoms with Crippen LogP contribution in [-0.4, -0.2) is 24.3 Å². The first kappa shape index (κ1) is 28.5. The van der Waals surface area contributed by atoms with Gasteiger partial charge < -0.3 is 14.2 Å². The molecule has 42 heavy (non-hydrogen) atoms. The van der Waals surface area contributed by atoms with Gasteiger partial charge in [0.15, 0.2) is 16.3 Å². The minimum Gasteiger partial charge on any atom is -0.493 e. The van der Waals surface area contributed by atoms with Crippen molar-refractivity contribution in [3.05, 3.63) is 126 Å². The fourth-order valence-electron chi connectivity index (χ4n) is 4.63. The Bertz CT molecular complexity index is 1900. The Labute approximate surface area is 244 Å². The molecule has 0 radical (unpaired) electrons. The molecule has 0 aliphatic carbocycles. The van der Waals surface area contributed by atoms with Gasteiger partial charge in [0.05, 0.1) is 47.2 Å². The van der Waals surface area contributed by atoms with Gasteiger partial charge in [-0.2, -0.15) is 5.26 Å². The summed E-state index contributed by atoms with van der Waals surface area (Å²) in [6.07, 6.45) is 1.72. The topological polar surface area (TPSA) is 103 Å². The van der Waals surface area contributed by atoms with Crippen molar-refractivity contribution in [1.82, 2.24) is 4.57 Å². The zero-order valence-corrected chi connectivity index (χ0v) is 23.9. The molecule has 3 aromatic carbocycles. The van der Waals surface area contributed by atoms with Crippen LogP contribution in [0.15, 0.2) is 87.8 Å². The van der Waals surface area contributed by atoms with Crippen LogP contribution in [0.5, 0.6) is 11.5 Å². The van der Waals surface area contributed by atoms with E-state index in [2.05, 4.69) is 11.1 Å². The van der Waals surface area contributed by atoms with Crippen molar-refractivity contribution in [3.63, 3.8) is 0 Å². The summed E-state index contributed by atoms with van der Waals surface area (Å²) in [5, 5.41) is 8.98. The highest BCUT2D eigenvalue weighted by Crippen LogP contribution is 2.31. The lowest BCUT2D eigenvalue weighted by atomic mass is 9.96. The SMILES string of the molecule is CCOC(=O)C1=C(C)N=c2s/c(=C\c3ccc(OCc4ccc(C#N)cc4)c(OC)c3)c(=O)n2[C@@H]1c1ccc(F)cc1. The van der Waals surface area contributed by atoms with Crippen LogP contribution >= 0.6 is 11.3 Å². The summed E-state index contributed by atoms with van der Waals surface area (Å²) in [6.45, 7) is 3.84. The number of aromatic nitrogens is 1. The highest BCUT2D eigenvalue weighted by Gasteiger charge is 2.33. The van der Waals surface area contributed by atoms with Crippen molar-refractivity contribution in [3.8, 4) is 17.6 Å². The Morgan fingerprint density at radius 3 is 2.52 bits per heavy atom. The Morgan fingerprint density at radius 2 is 1.86 bits per heavy atom. The normalized spacial score (nSPS) is 14.5. The van der Waals surface area contributed by atoms with E-state index in [1.54, 1.807) is 56.3 Å². The molecule has 0 fully saturated rings. The number of nitriles is 1. The van der Waals surface area contributed by atoms with E-state index in [9.17, 15) is 14.0 Å². The van der Waals surface area contributed by atoms with Gasteiger partial charge in [0.2, 0.25) is 0 Å². The molecule has 1 aliphatic heterocycles. The molecule has 0 unspecified atom stereocenters. The lowest BCUT2D eigenvalue weighted by Crippen LogP contribution is -2.39. The number of benzene rings is 3. The molecule has 4 aromatic rings. The molecule has 0 spiro atoms. The summed E-state index contributed by atoms with van der Waals surface area (Å²) < 4.78 is 32.4. The molecule has 10 heteroatoms. The fraction of sp³-hybridized carbons (Fsp3) is 0.188. The minimum atomic E-state index is -0.824. The van der Waals surface area contributed by atoms with Crippen molar-refractivity contribution in [2.75, 3.05) is 13.7 Å². The van der Waals surface area contributed by atoms with Gasteiger partial charge in [0, 0.05) is 0 Å². The van der Waals surface area contributed by atoms with Crippen LogP contribution in [0, 0.1) is 17.1 Å². The fourth-order valence-corrected chi connectivity index (χ4v) is 5.68. The predicted molar refractivity (Wildman–Crippen MR) is 155 cm³/mol. The van der Waals surface area contributed by atoms with Crippen molar-refractivity contribution < 1.29 is 23.4 Å². The maximum Gasteiger partial charge on any atom is 0.338 e. The van der Waals surface area contributed by atoms with Crippen LogP contribution in [-0.2, 0) is 16.1 Å². The van der Waals surface area contributed by atoms with E-state index in [4.69, 9.17) is 19.5 Å². The third-order valence-corrected chi connectivity index (χ3v) is 7.65. The Morgan fingerprint density at radius 1 is 1.12 bits per heavy atom. The van der Waals surface area contributed by atoms with Crippen molar-refractivity contribution in [1.29, 1.82) is 5.26 Å². The molecule has 5 rings (SSSR count). The molecule has 0 N–H and O–H groups in total. The van der Waals surface area contributed by atoms with E-state index in [1.165, 1.54) is 35.1 Å². The highest BCUT2D eigenvalue weighted by molar-refractivity contribution is 7.07. The van der Waals surface area contributed by atoms with E-state index in [-0.39, 0.29) is 24.3 Å². The standard InChI is InChI=1S/C32H26FN3O5S/c1-4-40-31(38)28-19(2)35-32-36(29(28)23-10-12-24(33)13-11-23)30(37)27(42-32)16-22-9-14-25(26(15-22)39-3)41-18-21-7-5-20(17-34)6-8-21/h5-16,29H,4,18H2,1-3H3/b27-16-/t29-/m1/s1. The molecule has 8 nitrogen and oxygen atoms in total. The summed E-state index contributed by atoms with van der Waals surface area (Å²) >= 11 is 1.19. The lowest BCUT2D eigenvalue weighted by molar-refractivity contribution is -0.139. The van der Waals surface area contributed by atoms with Crippen LogP contribution in [0.1, 0.15) is 42.1 Å². The minimum absolute atomic E-state index is 0.158. The zero-order chi connectivity index (χ0) is 29.8. The molecule has 1 aliphatic rings. The molecule has 0 amide bonds. The van der Waals surface area contributed by atoms with Crippen molar-refractivity contribution >= 4 is 23.4 Å². The third kappa shape index (κ3) is 5.73. The van der Waals surface area contributed by atoms with Gasteiger partial charge in [-0.1, -0.05) is 41.7 Å². The quantitative estimate of drug-likeness (QED) is 0.285. The zero-order valence-electron chi connectivity index (χ0n) is 23.1. The second-order valence-corrected chi connectivity index (χ2v) is 10.4. The third-order valence-electron chi connectivity index (χ3n) is 6.67. The molecular formula is C32H26FN3O5S. The van der Waals surface area contributed by atoms with Crippen molar-refractivity contribution in [2.24, 2.45) is 4.99 Å². The van der Waals surface area contributed by atoms with Gasteiger partial charge in [-0.15, -0.1) is 0 Å². The number of halogens is 1. The Kier molecular flexibility index (Phi) is 8.31. The number of rotatable bonds is 8. The van der Waals surface area contributed by atoms with Crippen molar-refractivity contribution in [2.45, 2.75) is 26.5 Å². The molecular weight excluding hydrogens is 557 g/mol. The number of allylic oxidation sites excluding steroid dienone is 1. The molecule has 0 saturated heterocycles. The number of fused-ring (bicyclic) bond motifs is 1. The first-order chi connectivity index (χ1) is 20.3. The second-order valence-electron chi connectivity index (χ2n) is 9.36. The van der Waals surface area contributed by atoms with Crippen LogP contribution < -0.4 is 24.4 Å². The van der Waals surface area contributed by atoms with Gasteiger partial charge >= 0.3 is 5.97 Å². The van der Waals surface area contributed by atoms with E-state index in [0.717, 1.165) is 5.56 Å². The van der Waals surface area contributed by atoms with E-state index in [1.807, 2.05) is 18.2 Å². The van der Waals surface area contributed by atoms with Gasteiger partial charge in [0.25, 0.3) is 5.56 Å². The van der Waals surface area contributed by atoms with Crippen LogP contribution in [0.4, 0.5) is 4.39 Å². The highest BCUT2D eigenvalue weighted by atomic mass is 32.1. The predicted octanol–water partition coefficient (Wildman–Crippen LogP) is 4.40. The molecule has 0 saturated carbocycles. The van der Waals surface area contributed by atoms with E-state index >= 15 is 0 Å². The summed E-state index contributed by atoms with van der Waals surface area (Å²) in [6, 6.07) is 19.4. The van der Waals surface area contributed by atoms with Gasteiger partial charge in [0.1, 0.15) is 12.4 Å². The van der Waals surface area contributed by atoms with E-state index in [0.29, 0.717) is 43.2 Å². The second kappa shape index (κ2) is 12.2. The number of methoxy groups -OCH3 is 1. The number of hydrogen-bond acceptors (Lipinski definition) is 8. The summed E-state index contributed by atoms with van der Waals surface area (Å²) in [4.78, 5) is 31.7.